The second-order valence-electron chi connectivity index (χ2n) is 4.09. The van der Waals surface area contributed by atoms with Crippen molar-refractivity contribution in [1.29, 1.82) is 0 Å². The molecule has 1 atom stereocenters. The molecule has 0 spiro atoms. The van der Waals surface area contributed by atoms with E-state index in [9.17, 15) is 9.59 Å². The molecule has 0 saturated heterocycles. The average molecular weight is 301 g/mol. The Morgan fingerprint density at radius 3 is 2.70 bits per heavy atom. The second kappa shape index (κ2) is 8.39. The smallest absolute Gasteiger partial charge is 0.326 e. The van der Waals surface area contributed by atoms with Gasteiger partial charge in [-0.15, -0.1) is 0 Å². The Kier molecular flexibility index (Phi) is 6.83. The van der Waals surface area contributed by atoms with E-state index in [4.69, 9.17) is 21.4 Å². The molecule has 20 heavy (non-hydrogen) atoms. The van der Waals surface area contributed by atoms with Crippen LogP contribution in [0.2, 0.25) is 5.02 Å². The summed E-state index contributed by atoms with van der Waals surface area (Å²) in [5, 5.41) is 14.4. The summed E-state index contributed by atoms with van der Waals surface area (Å²) in [6.45, 7) is 0.476. The van der Waals surface area contributed by atoms with Gasteiger partial charge >= 0.3 is 12.0 Å². The number of aliphatic carboxylic acids is 1. The zero-order chi connectivity index (χ0) is 15.0. The fourth-order valence-corrected chi connectivity index (χ4v) is 1.72. The van der Waals surface area contributed by atoms with Crippen molar-refractivity contribution in [3.8, 4) is 0 Å². The number of carbonyl (C=O) groups excluding carboxylic acids is 1. The highest BCUT2D eigenvalue weighted by Gasteiger charge is 2.19. The van der Waals surface area contributed by atoms with Crippen LogP contribution in [0.3, 0.4) is 0 Å². The van der Waals surface area contributed by atoms with E-state index in [-0.39, 0.29) is 19.6 Å². The molecule has 0 fully saturated rings. The van der Waals surface area contributed by atoms with E-state index in [1.807, 2.05) is 0 Å². The monoisotopic (exact) mass is 300 g/mol. The van der Waals surface area contributed by atoms with Crippen LogP contribution < -0.4 is 10.6 Å². The molecule has 1 rings (SSSR count). The Morgan fingerprint density at radius 1 is 1.40 bits per heavy atom. The zero-order valence-corrected chi connectivity index (χ0v) is 11.8. The topological polar surface area (TPSA) is 87.7 Å². The molecule has 0 bridgehead atoms. The standard InChI is InChI=1S/C13H17ClN2O4/c1-20-7-6-11(12(17)18)16-13(19)15-8-9-4-2-3-5-10(9)14/h2-5,11H,6-8H2,1H3,(H,17,18)(H2,15,16,19). The Morgan fingerprint density at radius 2 is 2.10 bits per heavy atom. The van der Waals surface area contributed by atoms with Crippen LogP contribution in [-0.2, 0) is 16.1 Å². The largest absolute Gasteiger partial charge is 0.480 e. The number of carbonyl (C=O) groups is 2. The van der Waals surface area contributed by atoms with Crippen molar-refractivity contribution in [2.75, 3.05) is 13.7 Å². The molecule has 3 N–H and O–H groups in total. The highest BCUT2D eigenvalue weighted by Crippen LogP contribution is 2.14. The van der Waals surface area contributed by atoms with Crippen molar-refractivity contribution in [2.24, 2.45) is 0 Å². The number of rotatable bonds is 7. The molecule has 110 valence electrons. The lowest BCUT2D eigenvalue weighted by Gasteiger charge is -2.15. The molecular formula is C13H17ClN2O4. The highest BCUT2D eigenvalue weighted by molar-refractivity contribution is 6.31. The maximum Gasteiger partial charge on any atom is 0.326 e. The Hall–Kier alpha value is -1.79. The molecule has 1 aromatic rings. The number of carboxylic acids is 1. The lowest BCUT2D eigenvalue weighted by Crippen LogP contribution is -2.46. The molecule has 0 aromatic heterocycles. The van der Waals surface area contributed by atoms with Gasteiger partial charge in [0.1, 0.15) is 6.04 Å². The number of nitrogens with one attached hydrogen (secondary N) is 2. The van der Waals surface area contributed by atoms with E-state index in [0.717, 1.165) is 5.56 Å². The van der Waals surface area contributed by atoms with Gasteiger partial charge in [0.05, 0.1) is 0 Å². The van der Waals surface area contributed by atoms with Crippen LogP contribution in [0.4, 0.5) is 4.79 Å². The van der Waals surface area contributed by atoms with Crippen LogP contribution >= 0.6 is 11.6 Å². The highest BCUT2D eigenvalue weighted by atomic mass is 35.5. The van der Waals surface area contributed by atoms with Gasteiger partial charge < -0.3 is 20.5 Å². The fraction of sp³-hybridized carbons (Fsp3) is 0.385. The molecule has 0 aliphatic carbocycles. The molecule has 0 radical (unpaired) electrons. The van der Waals surface area contributed by atoms with Gasteiger partial charge in [-0.25, -0.2) is 9.59 Å². The lowest BCUT2D eigenvalue weighted by atomic mass is 10.2. The third kappa shape index (κ3) is 5.46. The molecule has 0 heterocycles. The third-order valence-electron chi connectivity index (χ3n) is 2.61. The Labute approximate surface area is 122 Å². The van der Waals surface area contributed by atoms with Crippen LogP contribution in [0, 0.1) is 0 Å². The van der Waals surface area contributed by atoms with Gasteiger partial charge in [-0.1, -0.05) is 29.8 Å². The summed E-state index contributed by atoms with van der Waals surface area (Å²) in [7, 11) is 1.47. The SMILES string of the molecule is COCCC(NC(=O)NCc1ccccc1Cl)C(=O)O. The Bertz CT molecular complexity index is 467. The van der Waals surface area contributed by atoms with Crippen molar-refractivity contribution in [2.45, 2.75) is 19.0 Å². The van der Waals surface area contributed by atoms with E-state index < -0.39 is 18.0 Å². The first kappa shape index (κ1) is 16.3. The average Bonchev–Trinajstić information content (AvgIpc) is 2.42. The quantitative estimate of drug-likeness (QED) is 0.714. The summed E-state index contributed by atoms with van der Waals surface area (Å²) in [6, 6.07) is 5.54. The molecule has 1 unspecified atom stereocenters. The van der Waals surface area contributed by atoms with Crippen LogP contribution in [-0.4, -0.2) is 36.9 Å². The predicted octanol–water partition coefficient (Wildman–Crippen LogP) is 1.63. The molecule has 6 nitrogen and oxygen atoms in total. The second-order valence-corrected chi connectivity index (χ2v) is 4.50. The van der Waals surface area contributed by atoms with Crippen LogP contribution in [0.25, 0.3) is 0 Å². The summed E-state index contributed by atoms with van der Waals surface area (Å²) in [5.41, 5.74) is 0.757. The molecule has 1 aromatic carbocycles. The first-order valence-corrected chi connectivity index (χ1v) is 6.42. The number of benzene rings is 1. The van der Waals surface area contributed by atoms with Crippen molar-refractivity contribution < 1.29 is 19.4 Å². The van der Waals surface area contributed by atoms with Crippen molar-refractivity contribution in [3.05, 3.63) is 34.9 Å². The number of amides is 2. The molecule has 7 heteroatoms. The van der Waals surface area contributed by atoms with Crippen molar-refractivity contribution in [1.82, 2.24) is 10.6 Å². The summed E-state index contributed by atoms with van der Waals surface area (Å²) in [4.78, 5) is 22.6. The maximum absolute atomic E-state index is 11.6. The first-order valence-electron chi connectivity index (χ1n) is 6.04. The fourth-order valence-electron chi connectivity index (χ4n) is 1.52. The summed E-state index contributed by atoms with van der Waals surface area (Å²) in [5.74, 6) is -1.10. The molecule has 0 aliphatic heterocycles. The van der Waals surface area contributed by atoms with Gasteiger partial charge in [-0.05, 0) is 11.6 Å². The molecule has 0 saturated carbocycles. The number of methoxy groups -OCH3 is 1. The van der Waals surface area contributed by atoms with Gasteiger partial charge in [0.25, 0.3) is 0 Å². The predicted molar refractivity (Wildman–Crippen MR) is 74.7 cm³/mol. The minimum atomic E-state index is -1.10. The third-order valence-corrected chi connectivity index (χ3v) is 2.98. The zero-order valence-electron chi connectivity index (χ0n) is 11.1. The maximum atomic E-state index is 11.6. The number of halogens is 1. The summed E-state index contributed by atoms with van der Waals surface area (Å²) < 4.78 is 4.80. The number of ether oxygens (including phenoxy) is 1. The van der Waals surface area contributed by atoms with Gasteiger partial charge in [0.15, 0.2) is 0 Å². The summed E-state index contributed by atoms with van der Waals surface area (Å²) >= 11 is 5.95. The minimum absolute atomic E-state index is 0.200. The molecular weight excluding hydrogens is 284 g/mol. The van der Waals surface area contributed by atoms with Crippen LogP contribution in [0.15, 0.2) is 24.3 Å². The van der Waals surface area contributed by atoms with Gasteiger partial charge in [0, 0.05) is 31.7 Å². The van der Waals surface area contributed by atoms with Crippen molar-refractivity contribution >= 4 is 23.6 Å². The summed E-state index contributed by atoms with van der Waals surface area (Å²) in [6.07, 6.45) is 0.200. The number of urea groups is 1. The van der Waals surface area contributed by atoms with Crippen LogP contribution in [0.5, 0.6) is 0 Å². The minimum Gasteiger partial charge on any atom is -0.480 e. The van der Waals surface area contributed by atoms with Gasteiger partial charge in [-0.3, -0.25) is 0 Å². The van der Waals surface area contributed by atoms with Gasteiger partial charge in [-0.2, -0.15) is 0 Å². The first-order chi connectivity index (χ1) is 9.54. The number of hydrogen-bond acceptors (Lipinski definition) is 3. The normalized spacial score (nSPS) is 11.7. The van der Waals surface area contributed by atoms with E-state index in [0.29, 0.717) is 5.02 Å². The van der Waals surface area contributed by atoms with E-state index >= 15 is 0 Å². The van der Waals surface area contributed by atoms with Crippen molar-refractivity contribution in [3.63, 3.8) is 0 Å². The van der Waals surface area contributed by atoms with E-state index in [2.05, 4.69) is 10.6 Å². The number of carboxylic acid groups (broad SMARTS) is 1. The molecule has 0 aliphatic rings. The van der Waals surface area contributed by atoms with Crippen LogP contribution in [0.1, 0.15) is 12.0 Å². The Balaban J connectivity index is 2.46. The van der Waals surface area contributed by atoms with Gasteiger partial charge in [0.2, 0.25) is 0 Å². The number of hydrogen-bond donors (Lipinski definition) is 3. The lowest BCUT2D eigenvalue weighted by molar-refractivity contribution is -0.139. The van der Waals surface area contributed by atoms with E-state index in [1.165, 1.54) is 7.11 Å². The molecule has 2 amide bonds. The van der Waals surface area contributed by atoms with E-state index in [1.54, 1.807) is 24.3 Å².